The van der Waals surface area contributed by atoms with Crippen molar-refractivity contribution in [3.8, 4) is 5.88 Å². The Hall–Kier alpha value is -1.95. The number of aromatic nitrogens is 2. The molecule has 1 amide bonds. The number of rotatable bonds is 3. The highest BCUT2D eigenvalue weighted by molar-refractivity contribution is 7.13. The van der Waals surface area contributed by atoms with Crippen LogP contribution in [0.2, 0.25) is 0 Å². The van der Waals surface area contributed by atoms with Crippen molar-refractivity contribution in [2.75, 3.05) is 13.1 Å². The molecular weight excluding hydrogens is 286 g/mol. The number of hydrogen-bond acceptors (Lipinski definition) is 5. The lowest BCUT2D eigenvalue weighted by atomic mass is 10.3. The third-order valence-corrected chi connectivity index (χ3v) is 4.52. The Balaban J connectivity index is 1.64. The standard InChI is InChI=1S/C15H17N3O2S/c1-10-14(21-11(2)17-10)15(19)18-8-6-12(9-18)20-13-5-3-4-7-16-13/h3-5,7,12H,6,8-9H2,1-2H3. The van der Waals surface area contributed by atoms with Crippen molar-refractivity contribution in [1.82, 2.24) is 14.9 Å². The predicted molar refractivity (Wildman–Crippen MR) is 80.8 cm³/mol. The van der Waals surface area contributed by atoms with E-state index in [9.17, 15) is 4.79 Å². The number of carbonyl (C=O) groups is 1. The molecule has 1 atom stereocenters. The van der Waals surface area contributed by atoms with Gasteiger partial charge < -0.3 is 9.64 Å². The van der Waals surface area contributed by atoms with Crippen LogP contribution in [0.4, 0.5) is 0 Å². The number of pyridine rings is 1. The molecule has 3 heterocycles. The molecule has 2 aromatic heterocycles. The first-order valence-electron chi connectivity index (χ1n) is 6.94. The van der Waals surface area contributed by atoms with E-state index in [0.717, 1.165) is 22.0 Å². The molecule has 5 nitrogen and oxygen atoms in total. The number of hydrogen-bond donors (Lipinski definition) is 0. The molecule has 21 heavy (non-hydrogen) atoms. The Labute approximate surface area is 127 Å². The van der Waals surface area contributed by atoms with Crippen LogP contribution in [0.25, 0.3) is 0 Å². The third-order valence-electron chi connectivity index (χ3n) is 3.46. The van der Waals surface area contributed by atoms with Crippen molar-refractivity contribution in [3.63, 3.8) is 0 Å². The van der Waals surface area contributed by atoms with E-state index in [1.165, 1.54) is 11.3 Å². The van der Waals surface area contributed by atoms with Gasteiger partial charge in [0.05, 0.1) is 17.2 Å². The molecule has 1 fully saturated rings. The monoisotopic (exact) mass is 303 g/mol. The average molecular weight is 303 g/mol. The molecule has 1 aliphatic rings. The zero-order valence-electron chi connectivity index (χ0n) is 12.1. The summed E-state index contributed by atoms with van der Waals surface area (Å²) in [4.78, 5) is 23.6. The zero-order chi connectivity index (χ0) is 14.8. The van der Waals surface area contributed by atoms with E-state index >= 15 is 0 Å². The highest BCUT2D eigenvalue weighted by Crippen LogP contribution is 2.23. The number of thiazole rings is 1. The smallest absolute Gasteiger partial charge is 0.265 e. The fourth-order valence-electron chi connectivity index (χ4n) is 2.47. The van der Waals surface area contributed by atoms with E-state index < -0.39 is 0 Å². The van der Waals surface area contributed by atoms with Crippen LogP contribution in [-0.2, 0) is 0 Å². The van der Waals surface area contributed by atoms with E-state index in [0.29, 0.717) is 19.0 Å². The summed E-state index contributed by atoms with van der Waals surface area (Å²) in [5.74, 6) is 0.673. The lowest BCUT2D eigenvalue weighted by molar-refractivity contribution is 0.0775. The maximum Gasteiger partial charge on any atom is 0.265 e. The van der Waals surface area contributed by atoms with E-state index in [1.807, 2.05) is 36.9 Å². The van der Waals surface area contributed by atoms with Crippen molar-refractivity contribution in [2.45, 2.75) is 26.4 Å². The molecule has 1 unspecified atom stereocenters. The number of amides is 1. The Kier molecular flexibility index (Phi) is 3.88. The molecule has 1 aliphatic heterocycles. The molecule has 0 aliphatic carbocycles. The minimum Gasteiger partial charge on any atom is -0.472 e. The molecule has 2 aromatic rings. The van der Waals surface area contributed by atoms with Crippen molar-refractivity contribution < 1.29 is 9.53 Å². The van der Waals surface area contributed by atoms with Gasteiger partial charge in [0.25, 0.3) is 5.91 Å². The second-order valence-electron chi connectivity index (χ2n) is 5.10. The van der Waals surface area contributed by atoms with Gasteiger partial charge in [-0.05, 0) is 19.9 Å². The van der Waals surface area contributed by atoms with Gasteiger partial charge >= 0.3 is 0 Å². The second-order valence-corrected chi connectivity index (χ2v) is 6.30. The van der Waals surface area contributed by atoms with Gasteiger partial charge in [0.15, 0.2) is 0 Å². The van der Waals surface area contributed by atoms with E-state index in [2.05, 4.69) is 9.97 Å². The summed E-state index contributed by atoms with van der Waals surface area (Å²) in [6.45, 7) is 5.12. The Morgan fingerprint density at radius 2 is 2.29 bits per heavy atom. The van der Waals surface area contributed by atoms with Crippen LogP contribution < -0.4 is 4.74 Å². The normalized spacial score (nSPS) is 18.0. The fraction of sp³-hybridized carbons (Fsp3) is 0.400. The van der Waals surface area contributed by atoms with Gasteiger partial charge in [0.1, 0.15) is 11.0 Å². The summed E-state index contributed by atoms with van der Waals surface area (Å²) in [5, 5.41) is 0.927. The van der Waals surface area contributed by atoms with Gasteiger partial charge in [-0.1, -0.05) is 6.07 Å². The molecule has 0 bridgehead atoms. The summed E-state index contributed by atoms with van der Waals surface area (Å²) in [6.07, 6.45) is 2.55. The molecular formula is C15H17N3O2S. The van der Waals surface area contributed by atoms with Crippen LogP contribution in [-0.4, -0.2) is 40.0 Å². The molecule has 0 aromatic carbocycles. The highest BCUT2D eigenvalue weighted by atomic mass is 32.1. The minimum absolute atomic E-state index is 0.0122. The first-order valence-corrected chi connectivity index (χ1v) is 7.76. The summed E-state index contributed by atoms with van der Waals surface area (Å²) in [6, 6.07) is 5.58. The van der Waals surface area contributed by atoms with Gasteiger partial charge in [0.2, 0.25) is 5.88 Å². The number of aryl methyl sites for hydroxylation is 2. The van der Waals surface area contributed by atoms with Crippen LogP contribution in [0.1, 0.15) is 26.8 Å². The molecule has 6 heteroatoms. The van der Waals surface area contributed by atoms with Gasteiger partial charge in [-0.25, -0.2) is 9.97 Å². The number of likely N-dealkylation sites (tertiary alicyclic amines) is 1. The topological polar surface area (TPSA) is 55.3 Å². The van der Waals surface area contributed by atoms with Gasteiger partial charge in [-0.15, -0.1) is 11.3 Å². The molecule has 0 N–H and O–H groups in total. The summed E-state index contributed by atoms with van der Waals surface area (Å²) >= 11 is 1.46. The molecule has 0 spiro atoms. The zero-order valence-corrected chi connectivity index (χ0v) is 12.9. The molecule has 3 rings (SSSR count). The van der Waals surface area contributed by atoms with Crippen molar-refractivity contribution in [1.29, 1.82) is 0 Å². The lowest BCUT2D eigenvalue weighted by Gasteiger charge is -2.16. The Morgan fingerprint density at radius 1 is 1.43 bits per heavy atom. The highest BCUT2D eigenvalue weighted by Gasteiger charge is 2.30. The summed E-state index contributed by atoms with van der Waals surface area (Å²) < 4.78 is 5.81. The summed E-state index contributed by atoms with van der Waals surface area (Å²) in [5.41, 5.74) is 0.816. The first-order chi connectivity index (χ1) is 10.1. The summed E-state index contributed by atoms with van der Waals surface area (Å²) in [7, 11) is 0. The van der Waals surface area contributed by atoms with Crippen LogP contribution >= 0.6 is 11.3 Å². The number of carbonyl (C=O) groups excluding carboxylic acids is 1. The Bertz CT molecular complexity index is 642. The fourth-order valence-corrected chi connectivity index (χ4v) is 3.36. The van der Waals surface area contributed by atoms with Gasteiger partial charge in [0, 0.05) is 25.2 Å². The third kappa shape index (κ3) is 3.05. The minimum atomic E-state index is 0.0122. The number of nitrogens with zero attached hydrogens (tertiary/aromatic N) is 3. The van der Waals surface area contributed by atoms with Crippen LogP contribution in [0.5, 0.6) is 5.88 Å². The molecule has 1 saturated heterocycles. The quantitative estimate of drug-likeness (QED) is 0.874. The van der Waals surface area contributed by atoms with Crippen LogP contribution in [0, 0.1) is 13.8 Å². The maximum atomic E-state index is 12.5. The van der Waals surface area contributed by atoms with Crippen molar-refractivity contribution >= 4 is 17.2 Å². The predicted octanol–water partition coefficient (Wildman–Crippen LogP) is 2.45. The van der Waals surface area contributed by atoms with E-state index in [1.54, 1.807) is 6.20 Å². The van der Waals surface area contributed by atoms with Crippen LogP contribution in [0.3, 0.4) is 0 Å². The van der Waals surface area contributed by atoms with Gasteiger partial charge in [-0.2, -0.15) is 0 Å². The molecule has 0 saturated carbocycles. The molecule has 0 radical (unpaired) electrons. The Morgan fingerprint density at radius 3 is 2.95 bits per heavy atom. The van der Waals surface area contributed by atoms with E-state index in [4.69, 9.17) is 4.74 Å². The maximum absolute atomic E-state index is 12.5. The SMILES string of the molecule is Cc1nc(C)c(C(=O)N2CCC(Oc3ccccn3)C2)s1. The number of ether oxygens (including phenoxy) is 1. The lowest BCUT2D eigenvalue weighted by Crippen LogP contribution is -2.30. The second kappa shape index (κ2) is 5.81. The molecule has 110 valence electrons. The van der Waals surface area contributed by atoms with Crippen molar-refractivity contribution in [3.05, 3.63) is 40.0 Å². The average Bonchev–Trinajstić information content (AvgIpc) is 3.06. The first kappa shape index (κ1) is 14.0. The van der Waals surface area contributed by atoms with Gasteiger partial charge in [-0.3, -0.25) is 4.79 Å². The van der Waals surface area contributed by atoms with E-state index in [-0.39, 0.29) is 12.0 Å². The van der Waals surface area contributed by atoms with Crippen LogP contribution in [0.15, 0.2) is 24.4 Å². The van der Waals surface area contributed by atoms with Crippen molar-refractivity contribution in [2.24, 2.45) is 0 Å². The largest absolute Gasteiger partial charge is 0.472 e.